The lowest BCUT2D eigenvalue weighted by molar-refractivity contribution is -0.384. The molecule has 3 aromatic rings. The van der Waals surface area contributed by atoms with E-state index in [0.717, 1.165) is 27.6 Å². The minimum absolute atomic E-state index is 0.103. The number of nitro benzene ring substituents is 1. The van der Waals surface area contributed by atoms with Gasteiger partial charge < -0.3 is 4.57 Å². The second-order valence-electron chi connectivity index (χ2n) is 6.18. The lowest BCUT2D eigenvalue weighted by Gasteiger charge is -2.04. The average Bonchev–Trinajstić information content (AvgIpc) is 2.94. The van der Waals surface area contributed by atoms with Crippen LogP contribution in [0.1, 0.15) is 23.9 Å². The topological polar surface area (TPSA) is 60.4 Å². The third-order valence-corrected chi connectivity index (χ3v) is 5.42. The minimum atomic E-state index is -0.390. The van der Waals surface area contributed by atoms with Crippen LogP contribution in [-0.4, -0.2) is 15.7 Å². The normalized spacial score (nSPS) is 11.2. The van der Waals surface area contributed by atoms with E-state index in [9.17, 15) is 10.1 Å². The molecule has 0 aliphatic carbocycles. The first-order valence-corrected chi connectivity index (χ1v) is 9.52. The molecule has 0 saturated carbocycles. The van der Waals surface area contributed by atoms with E-state index in [2.05, 4.69) is 36.4 Å². The third-order valence-electron chi connectivity index (χ3n) is 4.40. The van der Waals surface area contributed by atoms with Crippen molar-refractivity contribution >= 4 is 29.4 Å². The van der Waals surface area contributed by atoms with Crippen molar-refractivity contribution in [2.45, 2.75) is 37.1 Å². The maximum absolute atomic E-state index is 10.7. The zero-order valence-electron chi connectivity index (χ0n) is 15.5. The fourth-order valence-electron chi connectivity index (χ4n) is 2.96. The molecular formula is C21H21N3O2S. The molecule has 0 spiro atoms. The highest BCUT2D eigenvalue weighted by Gasteiger charge is 2.06. The van der Waals surface area contributed by atoms with Crippen LogP contribution in [0.4, 0.5) is 11.4 Å². The van der Waals surface area contributed by atoms with E-state index in [1.165, 1.54) is 23.5 Å². The van der Waals surface area contributed by atoms with Gasteiger partial charge >= 0.3 is 0 Å². The number of hydrogen-bond acceptors (Lipinski definition) is 4. The number of non-ortho nitro benzene ring substituents is 1. The number of aryl methyl sites for hydroxylation is 1. The summed E-state index contributed by atoms with van der Waals surface area (Å²) in [7, 11) is 0. The molecule has 1 heterocycles. The molecule has 0 unspecified atom stereocenters. The van der Waals surface area contributed by atoms with Crippen molar-refractivity contribution in [3.05, 3.63) is 81.7 Å². The van der Waals surface area contributed by atoms with E-state index in [0.29, 0.717) is 0 Å². The van der Waals surface area contributed by atoms with Crippen LogP contribution in [0.15, 0.2) is 69.4 Å². The van der Waals surface area contributed by atoms with Crippen LogP contribution in [0.3, 0.4) is 0 Å². The molecular weight excluding hydrogens is 358 g/mol. The zero-order chi connectivity index (χ0) is 19.4. The van der Waals surface area contributed by atoms with Gasteiger partial charge in [-0.25, -0.2) is 0 Å². The molecule has 0 fully saturated rings. The summed E-state index contributed by atoms with van der Waals surface area (Å²) in [5.41, 5.74) is 4.60. The molecule has 138 valence electrons. The molecule has 0 aliphatic heterocycles. The fraction of sp³-hybridized carbons (Fsp3) is 0.190. The van der Waals surface area contributed by atoms with Crippen molar-refractivity contribution in [2.75, 3.05) is 0 Å². The maximum atomic E-state index is 10.7. The van der Waals surface area contributed by atoms with E-state index in [1.807, 2.05) is 30.5 Å². The van der Waals surface area contributed by atoms with Crippen LogP contribution in [0.25, 0.3) is 0 Å². The molecule has 0 atom stereocenters. The molecule has 0 aliphatic rings. The molecule has 1 aromatic heterocycles. The largest absolute Gasteiger partial charge is 0.349 e. The lowest BCUT2D eigenvalue weighted by atomic mass is 10.2. The number of nitro groups is 1. The third kappa shape index (κ3) is 4.46. The van der Waals surface area contributed by atoms with E-state index in [4.69, 9.17) is 0 Å². The summed E-state index contributed by atoms with van der Waals surface area (Å²) in [4.78, 5) is 16.9. The summed E-state index contributed by atoms with van der Waals surface area (Å²) in [6.45, 7) is 7.32. The number of benzene rings is 2. The Kier molecular flexibility index (Phi) is 5.76. The standard InChI is InChI=1S/C21H21N3O2S/c1-4-23-15(2)13-17(16(23)3)14-22-18-5-9-20(10-6-18)27-21-11-7-19(8-12-21)24(25)26/h5-14H,4H2,1-3H3. The van der Waals surface area contributed by atoms with Crippen LogP contribution in [0.2, 0.25) is 0 Å². The van der Waals surface area contributed by atoms with Gasteiger partial charge in [-0.2, -0.15) is 0 Å². The quantitative estimate of drug-likeness (QED) is 0.303. The molecule has 0 amide bonds. The first kappa shape index (κ1) is 18.9. The van der Waals surface area contributed by atoms with E-state index >= 15 is 0 Å². The SMILES string of the molecule is CCn1c(C)cc(C=Nc2ccc(Sc3ccc([N+](=O)[O-])cc3)cc2)c1C. The molecule has 2 aromatic carbocycles. The molecule has 5 nitrogen and oxygen atoms in total. The van der Waals surface area contributed by atoms with Gasteiger partial charge in [-0.3, -0.25) is 15.1 Å². The smallest absolute Gasteiger partial charge is 0.269 e. The molecule has 0 saturated heterocycles. The highest BCUT2D eigenvalue weighted by molar-refractivity contribution is 7.99. The van der Waals surface area contributed by atoms with Crippen LogP contribution in [-0.2, 0) is 6.54 Å². The van der Waals surface area contributed by atoms with Gasteiger partial charge in [0.2, 0.25) is 0 Å². The Bertz CT molecular complexity index is 974. The van der Waals surface area contributed by atoms with Gasteiger partial charge in [0.05, 0.1) is 10.6 Å². The number of rotatable bonds is 6. The van der Waals surface area contributed by atoms with Crippen molar-refractivity contribution in [3.8, 4) is 0 Å². The molecule has 0 radical (unpaired) electrons. The second kappa shape index (κ2) is 8.22. The molecule has 0 N–H and O–H groups in total. The zero-order valence-corrected chi connectivity index (χ0v) is 16.4. The first-order chi connectivity index (χ1) is 13.0. The Balaban J connectivity index is 1.69. The van der Waals surface area contributed by atoms with Gasteiger partial charge in [-0.05, 0) is 63.2 Å². The highest BCUT2D eigenvalue weighted by atomic mass is 32.2. The monoisotopic (exact) mass is 379 g/mol. The number of nitrogens with zero attached hydrogens (tertiary/aromatic N) is 3. The summed E-state index contributed by atoms with van der Waals surface area (Å²) in [6, 6.07) is 16.7. The predicted molar refractivity (Wildman–Crippen MR) is 110 cm³/mol. The molecule has 0 bridgehead atoms. The van der Waals surface area contributed by atoms with Gasteiger partial charge in [-0.15, -0.1) is 0 Å². The Morgan fingerprint density at radius 1 is 1.07 bits per heavy atom. The van der Waals surface area contributed by atoms with Gasteiger partial charge in [0, 0.05) is 51.6 Å². The number of aliphatic imine (C=N–C) groups is 1. The van der Waals surface area contributed by atoms with Crippen molar-refractivity contribution in [1.29, 1.82) is 0 Å². The predicted octanol–water partition coefficient (Wildman–Crippen LogP) is 5.93. The summed E-state index contributed by atoms with van der Waals surface area (Å²) < 4.78 is 2.27. The minimum Gasteiger partial charge on any atom is -0.349 e. The lowest BCUT2D eigenvalue weighted by Crippen LogP contribution is -1.99. The van der Waals surface area contributed by atoms with Gasteiger partial charge in [0.1, 0.15) is 0 Å². The number of aromatic nitrogens is 1. The Morgan fingerprint density at radius 3 is 2.19 bits per heavy atom. The summed E-state index contributed by atoms with van der Waals surface area (Å²) in [5, 5.41) is 10.7. The fourth-order valence-corrected chi connectivity index (χ4v) is 3.78. The molecule has 6 heteroatoms. The van der Waals surface area contributed by atoms with E-state index in [1.54, 1.807) is 23.9 Å². The number of hydrogen-bond donors (Lipinski definition) is 0. The Hall–Kier alpha value is -2.86. The van der Waals surface area contributed by atoms with Crippen LogP contribution in [0, 0.1) is 24.0 Å². The molecule has 27 heavy (non-hydrogen) atoms. The summed E-state index contributed by atoms with van der Waals surface area (Å²) in [5.74, 6) is 0. The Labute approximate surface area is 162 Å². The van der Waals surface area contributed by atoms with Crippen molar-refractivity contribution in [2.24, 2.45) is 4.99 Å². The molecule has 3 rings (SSSR count). The highest BCUT2D eigenvalue weighted by Crippen LogP contribution is 2.30. The van der Waals surface area contributed by atoms with Gasteiger partial charge in [-0.1, -0.05) is 11.8 Å². The Morgan fingerprint density at radius 2 is 1.67 bits per heavy atom. The summed E-state index contributed by atoms with van der Waals surface area (Å²) in [6.07, 6.45) is 1.91. The first-order valence-electron chi connectivity index (χ1n) is 8.71. The maximum Gasteiger partial charge on any atom is 0.269 e. The van der Waals surface area contributed by atoms with Crippen molar-refractivity contribution in [1.82, 2.24) is 4.57 Å². The van der Waals surface area contributed by atoms with Crippen molar-refractivity contribution in [3.63, 3.8) is 0 Å². The van der Waals surface area contributed by atoms with Gasteiger partial charge in [0.25, 0.3) is 5.69 Å². The van der Waals surface area contributed by atoms with Crippen LogP contribution < -0.4 is 0 Å². The van der Waals surface area contributed by atoms with Gasteiger partial charge in [0.15, 0.2) is 0 Å². The van der Waals surface area contributed by atoms with E-state index in [-0.39, 0.29) is 10.6 Å². The van der Waals surface area contributed by atoms with Crippen LogP contribution in [0.5, 0.6) is 0 Å². The second-order valence-corrected chi connectivity index (χ2v) is 7.32. The van der Waals surface area contributed by atoms with E-state index < -0.39 is 0 Å². The average molecular weight is 379 g/mol. The van der Waals surface area contributed by atoms with Crippen LogP contribution >= 0.6 is 11.8 Å². The summed E-state index contributed by atoms with van der Waals surface area (Å²) >= 11 is 1.56. The van der Waals surface area contributed by atoms with Crippen molar-refractivity contribution < 1.29 is 4.92 Å².